The Labute approximate surface area is 363 Å². The fraction of sp³-hybridized carbons (Fsp3) is 0.310. The summed E-state index contributed by atoms with van der Waals surface area (Å²) in [5, 5.41) is 24.7. The van der Waals surface area contributed by atoms with Crippen LogP contribution in [0.4, 0.5) is 4.79 Å². The SMILES string of the molecule is COc1ccc(Cn2nnc(-c3c(-n4ccnc4)ccc(S(=O)(=O)NCC(CNC(=O)O)O[Si](C)(C)C(C)(C)C)c3S(=O)(=O)N(Cc3ccccc3)Cc3ccccc3)n2)cc1. The standard InChI is InChI=1S/C42H51N9O8S2Si/c1-42(2,3)62(5,6)59-35(25-44-41(52)53)26-45-60(54,55)37-22-21-36(49-24-23-43-30-49)38(40-46-48-51(47-40)29-33-17-19-34(58-4)20-18-33)39(37)61(56,57)50(27-31-13-9-7-10-14-31)28-32-15-11-8-12-16-32/h7-24,30,35,44-45H,25-29H2,1-6H3,(H,52,53). The van der Waals surface area contributed by atoms with Gasteiger partial charge < -0.3 is 24.2 Å². The number of nitrogens with zero attached hydrogens (tertiary/aromatic N) is 7. The van der Waals surface area contributed by atoms with Crippen molar-refractivity contribution in [2.24, 2.45) is 0 Å². The Morgan fingerprint density at radius 2 is 1.50 bits per heavy atom. The second-order valence-electron chi connectivity index (χ2n) is 16.0. The van der Waals surface area contributed by atoms with Crippen molar-refractivity contribution < 1.29 is 35.9 Å². The van der Waals surface area contributed by atoms with Crippen LogP contribution in [-0.2, 0) is 44.1 Å². The summed E-state index contributed by atoms with van der Waals surface area (Å²) in [7, 11) is -10.6. The van der Waals surface area contributed by atoms with Crippen LogP contribution in [-0.4, -0.2) is 96.7 Å². The van der Waals surface area contributed by atoms with Gasteiger partial charge in [-0.3, -0.25) is 0 Å². The number of carbonyl (C=O) groups is 1. The summed E-state index contributed by atoms with van der Waals surface area (Å²) in [6, 6.07) is 27.8. The van der Waals surface area contributed by atoms with Crippen molar-refractivity contribution in [1.82, 2.24) is 44.1 Å². The average Bonchev–Trinajstić information content (AvgIpc) is 3.95. The Morgan fingerprint density at radius 1 is 0.871 bits per heavy atom. The molecule has 6 rings (SSSR count). The molecule has 1 atom stereocenters. The van der Waals surface area contributed by atoms with E-state index in [1.807, 2.05) is 58.1 Å². The molecule has 4 aromatic carbocycles. The number of benzene rings is 4. The molecule has 0 fully saturated rings. The summed E-state index contributed by atoms with van der Waals surface area (Å²) in [5.74, 6) is 0.487. The van der Waals surface area contributed by atoms with E-state index >= 15 is 8.42 Å². The second kappa shape index (κ2) is 19.1. The third kappa shape index (κ3) is 11.0. The van der Waals surface area contributed by atoms with Gasteiger partial charge in [0.15, 0.2) is 8.32 Å². The van der Waals surface area contributed by atoms with Crippen molar-refractivity contribution in [3.8, 4) is 22.8 Å². The molecule has 1 unspecified atom stereocenters. The number of ether oxygens (including phenoxy) is 1. The maximum absolute atomic E-state index is 15.7. The number of hydrogen-bond donors (Lipinski definition) is 3. The Bertz CT molecular complexity index is 2620. The Balaban J connectivity index is 1.55. The molecule has 3 N–H and O–H groups in total. The van der Waals surface area contributed by atoms with Crippen LogP contribution in [0.2, 0.25) is 18.1 Å². The van der Waals surface area contributed by atoms with E-state index in [2.05, 4.69) is 30.4 Å². The van der Waals surface area contributed by atoms with Gasteiger partial charge in [-0.25, -0.2) is 31.3 Å². The number of aromatic nitrogens is 6. The zero-order chi connectivity index (χ0) is 44.7. The minimum atomic E-state index is -4.83. The fourth-order valence-electron chi connectivity index (χ4n) is 6.32. The second-order valence-corrected chi connectivity index (χ2v) is 24.4. The average molecular weight is 902 g/mol. The third-order valence-electron chi connectivity index (χ3n) is 10.6. The molecule has 0 aliphatic rings. The molecule has 6 aromatic rings. The van der Waals surface area contributed by atoms with Crippen molar-refractivity contribution >= 4 is 34.5 Å². The zero-order valence-electron chi connectivity index (χ0n) is 35.3. The number of methoxy groups -OCH3 is 1. The highest BCUT2D eigenvalue weighted by molar-refractivity contribution is 7.92. The number of tetrazole rings is 1. The van der Waals surface area contributed by atoms with Gasteiger partial charge >= 0.3 is 6.09 Å². The van der Waals surface area contributed by atoms with E-state index in [0.29, 0.717) is 16.9 Å². The first-order chi connectivity index (χ1) is 29.4. The molecule has 0 saturated heterocycles. The number of imidazole rings is 1. The predicted octanol–water partition coefficient (Wildman–Crippen LogP) is 5.91. The fourth-order valence-corrected chi connectivity index (χ4v) is 11.1. The van der Waals surface area contributed by atoms with Crippen molar-refractivity contribution in [1.29, 1.82) is 0 Å². The number of amides is 1. The Morgan fingerprint density at radius 3 is 2.05 bits per heavy atom. The lowest BCUT2D eigenvalue weighted by Crippen LogP contribution is -2.50. The van der Waals surface area contributed by atoms with Crippen LogP contribution < -0.4 is 14.8 Å². The molecular formula is C42H51N9O8S2Si. The minimum Gasteiger partial charge on any atom is -0.497 e. The number of carboxylic acid groups (broad SMARTS) is 1. The van der Waals surface area contributed by atoms with E-state index in [4.69, 9.17) is 9.16 Å². The third-order valence-corrected chi connectivity index (χ3v) is 18.6. The molecule has 0 saturated carbocycles. The smallest absolute Gasteiger partial charge is 0.404 e. The van der Waals surface area contributed by atoms with Gasteiger partial charge in [0.25, 0.3) is 0 Å². The van der Waals surface area contributed by atoms with Crippen molar-refractivity contribution in [2.45, 2.75) is 74.4 Å². The van der Waals surface area contributed by atoms with E-state index in [1.54, 1.807) is 78.5 Å². The molecule has 62 heavy (non-hydrogen) atoms. The largest absolute Gasteiger partial charge is 0.497 e. The van der Waals surface area contributed by atoms with E-state index in [0.717, 1.165) is 5.56 Å². The lowest BCUT2D eigenvalue weighted by atomic mass is 10.1. The summed E-state index contributed by atoms with van der Waals surface area (Å²) in [6.45, 7) is 9.21. The monoisotopic (exact) mass is 901 g/mol. The summed E-state index contributed by atoms with van der Waals surface area (Å²) in [5.41, 5.74) is 2.18. The first kappa shape index (κ1) is 45.7. The summed E-state index contributed by atoms with van der Waals surface area (Å²) in [6.07, 6.45) is 2.29. The van der Waals surface area contributed by atoms with Gasteiger partial charge in [-0.15, -0.1) is 10.2 Å². The van der Waals surface area contributed by atoms with Crippen LogP contribution in [0.5, 0.6) is 5.75 Å². The molecule has 0 aliphatic heterocycles. The Kier molecular flexibility index (Phi) is 14.1. The van der Waals surface area contributed by atoms with Gasteiger partial charge in [0, 0.05) is 38.6 Å². The lowest BCUT2D eigenvalue weighted by molar-refractivity contribution is 0.163. The van der Waals surface area contributed by atoms with Gasteiger partial charge in [-0.1, -0.05) is 93.6 Å². The summed E-state index contributed by atoms with van der Waals surface area (Å²) < 4.78 is 78.3. The molecule has 0 bridgehead atoms. The highest BCUT2D eigenvalue weighted by Gasteiger charge is 2.41. The Hall–Kier alpha value is -5.77. The molecule has 0 aliphatic carbocycles. The maximum atomic E-state index is 15.7. The first-order valence-corrected chi connectivity index (χ1v) is 25.5. The molecule has 2 aromatic heterocycles. The normalized spacial score (nSPS) is 13.0. The topological polar surface area (TPSA) is 213 Å². The van der Waals surface area contributed by atoms with Crippen molar-refractivity contribution in [3.05, 3.63) is 132 Å². The van der Waals surface area contributed by atoms with Gasteiger partial charge in [0.2, 0.25) is 25.9 Å². The van der Waals surface area contributed by atoms with Crippen LogP contribution in [0.3, 0.4) is 0 Å². The molecule has 1 amide bonds. The van der Waals surface area contributed by atoms with Crippen LogP contribution in [0.1, 0.15) is 37.5 Å². The lowest BCUT2D eigenvalue weighted by Gasteiger charge is -2.39. The highest BCUT2D eigenvalue weighted by atomic mass is 32.2. The quantitative estimate of drug-likeness (QED) is 0.0810. The summed E-state index contributed by atoms with van der Waals surface area (Å²) >= 11 is 0. The van der Waals surface area contributed by atoms with Crippen LogP contribution in [0.25, 0.3) is 17.1 Å². The van der Waals surface area contributed by atoms with Crippen molar-refractivity contribution in [2.75, 3.05) is 20.2 Å². The van der Waals surface area contributed by atoms with E-state index < -0.39 is 50.4 Å². The molecule has 2 heterocycles. The molecule has 20 heteroatoms. The van der Waals surface area contributed by atoms with E-state index in [9.17, 15) is 18.3 Å². The van der Waals surface area contributed by atoms with Crippen LogP contribution >= 0.6 is 0 Å². The van der Waals surface area contributed by atoms with Gasteiger partial charge in [0.1, 0.15) is 15.5 Å². The zero-order valence-corrected chi connectivity index (χ0v) is 38.0. The molecular weight excluding hydrogens is 851 g/mol. The molecule has 0 radical (unpaired) electrons. The number of nitrogens with one attached hydrogen (secondary N) is 2. The molecule has 328 valence electrons. The minimum absolute atomic E-state index is 0.124. The van der Waals surface area contributed by atoms with Crippen molar-refractivity contribution in [3.63, 3.8) is 0 Å². The van der Waals surface area contributed by atoms with Gasteiger partial charge in [0.05, 0.1) is 37.3 Å². The predicted molar refractivity (Wildman–Crippen MR) is 235 cm³/mol. The van der Waals surface area contributed by atoms with Crippen LogP contribution in [0, 0.1) is 0 Å². The van der Waals surface area contributed by atoms with Crippen LogP contribution in [0.15, 0.2) is 126 Å². The molecule has 17 nitrogen and oxygen atoms in total. The van der Waals surface area contributed by atoms with Gasteiger partial charge in [-0.05, 0) is 64.3 Å². The van der Waals surface area contributed by atoms with Gasteiger partial charge in [-0.2, -0.15) is 9.10 Å². The number of hydrogen-bond acceptors (Lipinski definition) is 11. The van der Waals surface area contributed by atoms with E-state index in [-0.39, 0.29) is 54.8 Å². The summed E-state index contributed by atoms with van der Waals surface area (Å²) in [4.78, 5) is 15.9. The maximum Gasteiger partial charge on any atom is 0.404 e. The molecule has 0 spiro atoms. The number of rotatable bonds is 19. The van der Waals surface area contributed by atoms with E-state index in [1.165, 1.54) is 33.8 Å². The highest BCUT2D eigenvalue weighted by Crippen LogP contribution is 2.40. The first-order valence-electron chi connectivity index (χ1n) is 19.7. The number of sulfonamides is 2.